The lowest BCUT2D eigenvalue weighted by molar-refractivity contribution is -0.136. The first-order valence-corrected chi connectivity index (χ1v) is 24.2. The quantitative estimate of drug-likeness (QED) is 0.164. The number of piperidine rings is 3. The number of pyridine rings is 1. The molecule has 3 N–H and O–H groups in total. The molecule has 10 rings (SSSR count). The summed E-state index contributed by atoms with van der Waals surface area (Å²) >= 11 is 6.62. The molecule has 4 aromatic rings. The first-order chi connectivity index (χ1) is 32.8. The van der Waals surface area contributed by atoms with Gasteiger partial charge in [-0.3, -0.25) is 43.9 Å². The highest BCUT2D eigenvalue weighted by Gasteiger charge is 2.48. The zero-order valence-corrected chi connectivity index (χ0v) is 39.3. The number of anilines is 4. The standard InChI is InChI=1S/C49H57ClN10O8/c1-28(2)59-38-8-5-30(19-29(38)20-40(47(59)66)67-25-42(62)51-3)53-43-37(50)24-52-48(55-43)56-16-11-33(12-17-56)68-34-21-32(22-34)57-15-4-13-49(26-57)14-18-58(27-49)31-6-7-35-36(23-31)46(65)60(45(35)64)39-9-10-41(61)54-44(39)63/h5-8,19-20,23-24,28,32-34,39H,4,9-18,21-22,25-27H2,1-3H3,(H,51,62)(H,52,53,55)(H,54,61,63)/t32-,34-,39?,49?. The molecule has 0 radical (unpaired) electrons. The number of nitrogens with zero attached hydrogens (tertiary/aromatic N) is 7. The Hall–Kier alpha value is -6.11. The SMILES string of the molecule is CNC(=O)COc1cc2cc(Nc3nc(N4CCC(O[C@H]5C[C@H](N6CCCC7(CCN(c8ccc9c(c8)C(=O)N(C8CCC(=O)NC8=O)C9=O)C7)C6)C5)CC4)ncc3Cl)ccc2n(C(C)C)c1=O. The molecule has 4 saturated heterocycles. The van der Waals surface area contributed by atoms with E-state index < -0.39 is 29.7 Å². The largest absolute Gasteiger partial charge is 0.478 e. The zero-order valence-electron chi connectivity index (χ0n) is 38.6. The topological polar surface area (TPSA) is 201 Å². The smallest absolute Gasteiger partial charge is 0.293 e. The van der Waals surface area contributed by atoms with Gasteiger partial charge < -0.3 is 34.5 Å². The van der Waals surface area contributed by atoms with Crippen molar-refractivity contribution < 1.29 is 33.4 Å². The van der Waals surface area contributed by atoms with Gasteiger partial charge >= 0.3 is 0 Å². The maximum absolute atomic E-state index is 13.5. The average Bonchev–Trinajstić information content (AvgIpc) is 3.83. The molecule has 2 aromatic carbocycles. The summed E-state index contributed by atoms with van der Waals surface area (Å²) in [5.74, 6) is -1.16. The van der Waals surface area contributed by atoms with Gasteiger partial charge in [-0.2, -0.15) is 4.98 Å². The number of hydrogen-bond acceptors (Lipinski definition) is 14. The third-order valence-corrected chi connectivity index (χ3v) is 15.0. The molecule has 68 heavy (non-hydrogen) atoms. The summed E-state index contributed by atoms with van der Waals surface area (Å²) in [6.07, 6.45) is 9.35. The molecule has 18 nitrogen and oxygen atoms in total. The number of aromatic nitrogens is 3. The Morgan fingerprint density at radius 1 is 0.912 bits per heavy atom. The van der Waals surface area contributed by atoms with Crippen LogP contribution in [0.25, 0.3) is 10.9 Å². The Kier molecular flexibility index (Phi) is 12.4. The molecule has 2 unspecified atom stereocenters. The normalized spacial score (nSPS) is 24.5. The van der Waals surface area contributed by atoms with Gasteiger partial charge in [0.2, 0.25) is 17.8 Å². The number of imide groups is 2. The van der Waals surface area contributed by atoms with Gasteiger partial charge in [-0.25, -0.2) is 4.98 Å². The van der Waals surface area contributed by atoms with E-state index in [2.05, 4.69) is 35.6 Å². The number of amides is 5. The summed E-state index contributed by atoms with van der Waals surface area (Å²) in [6.45, 7) is 8.94. The van der Waals surface area contributed by atoms with Crippen LogP contribution in [-0.2, 0) is 19.1 Å². The number of likely N-dealkylation sites (tertiary alicyclic amines) is 1. The minimum atomic E-state index is -0.979. The predicted molar refractivity (Wildman–Crippen MR) is 255 cm³/mol. The van der Waals surface area contributed by atoms with Gasteiger partial charge in [0.15, 0.2) is 18.2 Å². The highest BCUT2D eigenvalue weighted by molar-refractivity contribution is 6.33. The lowest BCUT2D eigenvalue weighted by Gasteiger charge is -2.50. The van der Waals surface area contributed by atoms with Crippen molar-refractivity contribution in [3.05, 3.63) is 75.2 Å². The number of carbonyl (C=O) groups excluding carboxylic acids is 5. The van der Waals surface area contributed by atoms with Crippen LogP contribution < -0.4 is 36.0 Å². The summed E-state index contributed by atoms with van der Waals surface area (Å²) in [5.41, 5.74) is 2.82. The molecule has 1 aliphatic carbocycles. The number of rotatable bonds is 12. The van der Waals surface area contributed by atoms with Gasteiger partial charge in [0.1, 0.15) is 11.1 Å². The second kappa shape index (κ2) is 18.4. The van der Waals surface area contributed by atoms with Crippen molar-refractivity contribution in [1.82, 2.24) is 35.0 Å². The Morgan fingerprint density at radius 2 is 1.71 bits per heavy atom. The molecule has 7 heterocycles. The van der Waals surface area contributed by atoms with E-state index in [1.54, 1.807) is 22.9 Å². The van der Waals surface area contributed by atoms with Gasteiger partial charge in [-0.15, -0.1) is 0 Å². The van der Waals surface area contributed by atoms with Crippen LogP contribution in [0.2, 0.25) is 5.02 Å². The van der Waals surface area contributed by atoms with Gasteiger partial charge in [0.25, 0.3) is 23.3 Å². The number of nitrogens with one attached hydrogen (secondary N) is 3. The molecule has 1 spiro atoms. The third kappa shape index (κ3) is 8.77. The molecule has 5 amide bonds. The van der Waals surface area contributed by atoms with Crippen molar-refractivity contribution in [2.24, 2.45) is 5.41 Å². The number of halogens is 1. The van der Waals surface area contributed by atoms with Crippen LogP contribution in [0.5, 0.6) is 5.75 Å². The van der Waals surface area contributed by atoms with Crippen LogP contribution in [0.1, 0.15) is 98.4 Å². The molecular weight excluding hydrogens is 892 g/mol. The summed E-state index contributed by atoms with van der Waals surface area (Å²) in [5, 5.41) is 9.23. The molecular formula is C49H57ClN10O8. The van der Waals surface area contributed by atoms with Crippen molar-refractivity contribution in [3.8, 4) is 5.75 Å². The van der Waals surface area contributed by atoms with Crippen LogP contribution in [0, 0.1) is 5.41 Å². The number of carbonyl (C=O) groups is 5. The third-order valence-electron chi connectivity index (χ3n) is 14.8. The van der Waals surface area contributed by atoms with E-state index in [4.69, 9.17) is 26.1 Å². The van der Waals surface area contributed by atoms with Crippen LogP contribution in [0.4, 0.5) is 23.1 Å². The Bertz CT molecular complexity index is 2750. The van der Waals surface area contributed by atoms with Gasteiger partial charge in [0.05, 0.1) is 35.0 Å². The van der Waals surface area contributed by atoms with E-state index in [-0.39, 0.29) is 60.3 Å². The minimum absolute atomic E-state index is 0.0894. The summed E-state index contributed by atoms with van der Waals surface area (Å²) in [7, 11) is 1.51. The van der Waals surface area contributed by atoms with Crippen LogP contribution in [-0.4, -0.2) is 131 Å². The van der Waals surface area contributed by atoms with E-state index in [9.17, 15) is 28.8 Å². The second-order valence-electron chi connectivity index (χ2n) is 19.5. The molecule has 2 aromatic heterocycles. The van der Waals surface area contributed by atoms with E-state index >= 15 is 0 Å². The van der Waals surface area contributed by atoms with E-state index in [0.29, 0.717) is 39.6 Å². The zero-order chi connectivity index (χ0) is 47.4. The van der Waals surface area contributed by atoms with Gasteiger partial charge in [-0.1, -0.05) is 11.6 Å². The maximum atomic E-state index is 13.5. The number of hydrogen-bond donors (Lipinski definition) is 3. The fourth-order valence-electron chi connectivity index (χ4n) is 11.1. The summed E-state index contributed by atoms with van der Waals surface area (Å²) in [6, 6.07) is 12.1. The van der Waals surface area contributed by atoms with E-state index in [1.165, 1.54) is 7.05 Å². The monoisotopic (exact) mass is 948 g/mol. The van der Waals surface area contributed by atoms with Crippen molar-refractivity contribution in [2.75, 3.05) is 68.0 Å². The van der Waals surface area contributed by atoms with Gasteiger partial charge in [-0.05, 0) is 114 Å². The fraction of sp³-hybridized carbons (Fsp3) is 0.510. The highest BCUT2D eigenvalue weighted by Crippen LogP contribution is 2.44. The first kappa shape index (κ1) is 45.7. The number of ether oxygens (including phenoxy) is 2. The second-order valence-corrected chi connectivity index (χ2v) is 19.9. The summed E-state index contributed by atoms with van der Waals surface area (Å²) in [4.78, 5) is 93.8. The Morgan fingerprint density at radius 3 is 2.47 bits per heavy atom. The maximum Gasteiger partial charge on any atom is 0.293 e. The molecule has 358 valence electrons. The molecule has 1 saturated carbocycles. The van der Waals surface area contributed by atoms with Crippen molar-refractivity contribution in [1.29, 1.82) is 0 Å². The Labute approximate surface area is 398 Å². The average molecular weight is 950 g/mol. The molecule has 5 fully saturated rings. The number of benzene rings is 2. The van der Waals surface area contributed by atoms with Crippen molar-refractivity contribution in [2.45, 2.75) is 102 Å². The molecule has 0 bridgehead atoms. The van der Waals surface area contributed by atoms with Gasteiger partial charge in [0, 0.05) is 80.5 Å². The number of fused-ring (bicyclic) bond motifs is 2. The van der Waals surface area contributed by atoms with E-state index in [1.807, 2.05) is 44.2 Å². The van der Waals surface area contributed by atoms with Crippen LogP contribution in [0.3, 0.4) is 0 Å². The fourth-order valence-corrected chi connectivity index (χ4v) is 11.2. The predicted octanol–water partition coefficient (Wildman–Crippen LogP) is 4.80. The van der Waals surface area contributed by atoms with Crippen LogP contribution in [0.15, 0.2) is 53.5 Å². The van der Waals surface area contributed by atoms with E-state index in [0.717, 1.165) is 106 Å². The molecule has 5 aliphatic heterocycles. The summed E-state index contributed by atoms with van der Waals surface area (Å²) < 4.78 is 14.0. The lowest BCUT2D eigenvalue weighted by Crippen LogP contribution is -2.55. The number of likely N-dealkylation sites (N-methyl/N-ethyl adjacent to an activating group) is 1. The molecule has 19 heteroatoms. The van der Waals surface area contributed by atoms with Crippen molar-refractivity contribution >= 4 is 75.2 Å². The first-order valence-electron chi connectivity index (χ1n) is 23.8. The van der Waals surface area contributed by atoms with Crippen molar-refractivity contribution in [3.63, 3.8) is 0 Å². The lowest BCUT2D eigenvalue weighted by atomic mass is 9.76. The molecule has 2 atom stereocenters. The van der Waals surface area contributed by atoms with Crippen LogP contribution >= 0.6 is 11.6 Å². The minimum Gasteiger partial charge on any atom is -0.478 e. The molecule has 6 aliphatic rings. The Balaban J connectivity index is 0.707. The highest BCUT2D eigenvalue weighted by atomic mass is 35.5.